The minimum atomic E-state index is -4.14. The van der Waals surface area contributed by atoms with Gasteiger partial charge in [-0.05, 0) is 6.42 Å². The van der Waals surface area contributed by atoms with Crippen molar-refractivity contribution in [3.8, 4) is 0 Å². The first-order chi connectivity index (χ1) is 10.4. The Kier molecular flexibility index (Phi) is 8.51. The van der Waals surface area contributed by atoms with Crippen LogP contribution in [0.4, 0.5) is 13.2 Å². The molecule has 0 aromatic rings. The van der Waals surface area contributed by atoms with E-state index in [0.29, 0.717) is 51.8 Å². The topological polar surface area (TPSA) is 58.1 Å². The molecule has 1 heterocycles. The quantitative estimate of drug-likeness (QED) is 0.385. The van der Waals surface area contributed by atoms with E-state index < -0.39 is 12.7 Å². The van der Waals surface area contributed by atoms with Gasteiger partial charge in [-0.3, -0.25) is 9.89 Å². The molecule has 2 N–H and O–H groups in total. The Morgan fingerprint density at radius 1 is 1.32 bits per heavy atom. The summed E-state index contributed by atoms with van der Waals surface area (Å²) in [4.78, 5) is 5.46. The highest BCUT2D eigenvalue weighted by Gasteiger charge is 2.34. The fourth-order valence-electron chi connectivity index (χ4n) is 2.22. The Morgan fingerprint density at radius 3 is 2.73 bits per heavy atom. The summed E-state index contributed by atoms with van der Waals surface area (Å²) in [5.74, 6) is 0.578. The number of hydrogen-bond donors (Lipinski definition) is 2. The van der Waals surface area contributed by atoms with Crippen LogP contribution in [0.25, 0.3) is 0 Å². The molecule has 0 saturated carbocycles. The molecule has 0 spiro atoms. The second-order valence-corrected chi connectivity index (χ2v) is 5.08. The highest BCUT2D eigenvalue weighted by molar-refractivity contribution is 5.80. The molecule has 1 aliphatic heterocycles. The third-order valence-electron chi connectivity index (χ3n) is 3.21. The number of alkyl halides is 3. The van der Waals surface area contributed by atoms with Gasteiger partial charge in [-0.2, -0.15) is 13.2 Å². The van der Waals surface area contributed by atoms with Gasteiger partial charge in [-0.15, -0.1) is 0 Å². The van der Waals surface area contributed by atoms with E-state index in [1.54, 1.807) is 14.2 Å². The van der Waals surface area contributed by atoms with Crippen LogP contribution in [0.5, 0.6) is 0 Å². The lowest BCUT2D eigenvalue weighted by Gasteiger charge is -2.19. The van der Waals surface area contributed by atoms with E-state index in [9.17, 15) is 13.2 Å². The summed E-state index contributed by atoms with van der Waals surface area (Å²) in [5.41, 5.74) is 0. The average Bonchev–Trinajstić information content (AvgIpc) is 2.86. The lowest BCUT2D eigenvalue weighted by atomic mass is 10.3. The molecule has 1 saturated heterocycles. The van der Waals surface area contributed by atoms with Crippen LogP contribution in [-0.2, 0) is 9.47 Å². The number of hydrogen-bond acceptors (Lipinski definition) is 4. The van der Waals surface area contributed by atoms with Crippen LogP contribution in [0.1, 0.15) is 6.42 Å². The van der Waals surface area contributed by atoms with E-state index in [4.69, 9.17) is 9.47 Å². The van der Waals surface area contributed by atoms with E-state index in [1.807, 2.05) is 0 Å². The van der Waals surface area contributed by atoms with Crippen LogP contribution >= 0.6 is 0 Å². The number of guanidine groups is 1. The van der Waals surface area contributed by atoms with E-state index in [1.165, 1.54) is 4.90 Å². The summed E-state index contributed by atoms with van der Waals surface area (Å²) < 4.78 is 47.2. The summed E-state index contributed by atoms with van der Waals surface area (Å²) in [7, 11) is 3.24. The summed E-state index contributed by atoms with van der Waals surface area (Å²) >= 11 is 0. The van der Waals surface area contributed by atoms with E-state index >= 15 is 0 Å². The van der Waals surface area contributed by atoms with Crippen molar-refractivity contribution < 1.29 is 22.6 Å². The first kappa shape index (κ1) is 19.0. The Morgan fingerprint density at radius 2 is 2.09 bits per heavy atom. The van der Waals surface area contributed by atoms with Gasteiger partial charge in [0.1, 0.15) is 0 Å². The molecule has 6 nitrogen and oxygen atoms in total. The fourth-order valence-corrected chi connectivity index (χ4v) is 2.22. The Labute approximate surface area is 129 Å². The monoisotopic (exact) mass is 326 g/mol. The summed E-state index contributed by atoms with van der Waals surface area (Å²) in [6, 6.07) is -0.0250. The highest BCUT2D eigenvalue weighted by atomic mass is 19.4. The fraction of sp³-hybridized carbons (Fsp3) is 0.923. The maximum atomic E-state index is 12.3. The molecule has 0 aromatic heterocycles. The van der Waals surface area contributed by atoms with Gasteiger partial charge in [0.05, 0.1) is 26.4 Å². The minimum absolute atomic E-state index is 0.0250. The van der Waals surface area contributed by atoms with Crippen LogP contribution in [-0.4, -0.2) is 83.2 Å². The van der Waals surface area contributed by atoms with Crippen molar-refractivity contribution in [3.05, 3.63) is 0 Å². The molecule has 9 heteroatoms. The van der Waals surface area contributed by atoms with E-state index in [0.717, 1.165) is 0 Å². The molecule has 1 unspecified atom stereocenters. The van der Waals surface area contributed by atoms with Gasteiger partial charge >= 0.3 is 6.18 Å². The standard InChI is InChI=1S/C13H25F3N4O2/c1-17-12(18-4-6-22-8-7-21-2)19-11-3-5-20(9-11)10-13(14,15)16/h11H,3-10H2,1-2H3,(H2,17,18,19). The summed E-state index contributed by atoms with van der Waals surface area (Å²) in [5, 5.41) is 6.20. The molecule has 130 valence electrons. The number of halogens is 3. The molecule has 0 aromatic carbocycles. The number of nitrogens with one attached hydrogen (secondary N) is 2. The number of ether oxygens (including phenoxy) is 2. The third kappa shape index (κ3) is 8.40. The van der Waals surface area contributed by atoms with Gasteiger partial charge in [0, 0.05) is 39.8 Å². The number of aliphatic imine (C=N–C) groups is 1. The van der Waals surface area contributed by atoms with Crippen LogP contribution in [0.15, 0.2) is 4.99 Å². The number of nitrogens with zero attached hydrogens (tertiary/aromatic N) is 2. The zero-order valence-electron chi connectivity index (χ0n) is 13.1. The van der Waals surface area contributed by atoms with Crippen LogP contribution < -0.4 is 10.6 Å². The second-order valence-electron chi connectivity index (χ2n) is 5.08. The van der Waals surface area contributed by atoms with Crippen molar-refractivity contribution in [2.24, 2.45) is 4.99 Å². The summed E-state index contributed by atoms with van der Waals surface area (Å²) in [6.45, 7) is 2.10. The van der Waals surface area contributed by atoms with Crippen LogP contribution in [0.3, 0.4) is 0 Å². The van der Waals surface area contributed by atoms with Gasteiger partial charge in [0.2, 0.25) is 0 Å². The van der Waals surface area contributed by atoms with Crippen molar-refractivity contribution in [3.63, 3.8) is 0 Å². The molecular formula is C13H25F3N4O2. The van der Waals surface area contributed by atoms with E-state index in [-0.39, 0.29) is 6.04 Å². The smallest absolute Gasteiger partial charge is 0.382 e. The zero-order valence-corrected chi connectivity index (χ0v) is 13.1. The second kappa shape index (κ2) is 9.86. The molecule has 0 amide bonds. The van der Waals surface area contributed by atoms with Gasteiger partial charge in [0.15, 0.2) is 5.96 Å². The van der Waals surface area contributed by atoms with Crippen molar-refractivity contribution in [2.45, 2.75) is 18.6 Å². The first-order valence-corrected chi connectivity index (χ1v) is 7.27. The molecule has 1 aliphatic rings. The predicted octanol–water partition coefficient (Wildman–Crippen LogP) is 0.451. The lowest BCUT2D eigenvalue weighted by Crippen LogP contribution is -2.46. The maximum absolute atomic E-state index is 12.3. The van der Waals surface area contributed by atoms with Crippen LogP contribution in [0, 0.1) is 0 Å². The SMILES string of the molecule is CN=C(NCCOCCOC)NC1CCN(CC(F)(F)F)C1. The number of methoxy groups -OCH3 is 1. The lowest BCUT2D eigenvalue weighted by molar-refractivity contribution is -0.143. The Bertz CT molecular complexity index is 340. The van der Waals surface area contributed by atoms with Gasteiger partial charge in [-0.25, -0.2) is 0 Å². The average molecular weight is 326 g/mol. The molecule has 0 radical (unpaired) electrons. The van der Waals surface area contributed by atoms with Crippen molar-refractivity contribution in [1.82, 2.24) is 15.5 Å². The van der Waals surface area contributed by atoms with Gasteiger partial charge in [-0.1, -0.05) is 0 Å². The molecular weight excluding hydrogens is 301 g/mol. The Balaban J connectivity index is 2.18. The van der Waals surface area contributed by atoms with Crippen molar-refractivity contribution in [1.29, 1.82) is 0 Å². The number of likely N-dealkylation sites (tertiary alicyclic amines) is 1. The maximum Gasteiger partial charge on any atom is 0.401 e. The van der Waals surface area contributed by atoms with Crippen molar-refractivity contribution in [2.75, 3.05) is 60.2 Å². The largest absolute Gasteiger partial charge is 0.401 e. The normalized spacial score (nSPS) is 20.4. The molecule has 1 atom stereocenters. The highest BCUT2D eigenvalue weighted by Crippen LogP contribution is 2.19. The van der Waals surface area contributed by atoms with Gasteiger partial charge in [0.25, 0.3) is 0 Å². The molecule has 1 rings (SSSR count). The zero-order chi connectivity index (χ0) is 16.4. The minimum Gasteiger partial charge on any atom is -0.382 e. The predicted molar refractivity (Wildman–Crippen MR) is 78.1 cm³/mol. The molecule has 22 heavy (non-hydrogen) atoms. The molecule has 1 fully saturated rings. The molecule has 0 aliphatic carbocycles. The van der Waals surface area contributed by atoms with Crippen LogP contribution in [0.2, 0.25) is 0 Å². The number of rotatable bonds is 8. The third-order valence-corrected chi connectivity index (χ3v) is 3.21. The Hall–Kier alpha value is -1.06. The van der Waals surface area contributed by atoms with Crippen molar-refractivity contribution >= 4 is 5.96 Å². The first-order valence-electron chi connectivity index (χ1n) is 7.27. The van der Waals surface area contributed by atoms with Gasteiger partial charge < -0.3 is 20.1 Å². The summed E-state index contributed by atoms with van der Waals surface area (Å²) in [6.07, 6.45) is -3.48. The molecule has 0 bridgehead atoms. The van der Waals surface area contributed by atoms with E-state index in [2.05, 4.69) is 15.6 Å².